The predicted octanol–water partition coefficient (Wildman–Crippen LogP) is 2.47. The van der Waals surface area contributed by atoms with Crippen molar-refractivity contribution < 1.29 is 9.72 Å². The summed E-state index contributed by atoms with van der Waals surface area (Å²) in [6, 6.07) is 4.27. The Hall–Kier alpha value is -1.62. The van der Waals surface area contributed by atoms with Gasteiger partial charge in [-0.15, -0.1) is 11.6 Å². The second-order valence-corrected chi connectivity index (χ2v) is 4.02. The van der Waals surface area contributed by atoms with Gasteiger partial charge in [-0.2, -0.15) is 0 Å². The van der Waals surface area contributed by atoms with Gasteiger partial charge >= 0.3 is 0 Å². The highest BCUT2D eigenvalue weighted by Gasteiger charge is 2.13. The second-order valence-electron chi connectivity index (χ2n) is 3.36. The molecule has 1 aromatic rings. The van der Waals surface area contributed by atoms with Crippen molar-refractivity contribution in [2.24, 2.45) is 0 Å². The van der Waals surface area contributed by atoms with Crippen LogP contribution in [0.2, 0.25) is 0 Å². The smallest absolute Gasteiger partial charge is 0.271 e. The summed E-state index contributed by atoms with van der Waals surface area (Å²) in [5.74, 6) is -0.384. The number of carbonyl (C=O) groups is 1. The number of nitro groups is 1. The van der Waals surface area contributed by atoms with E-state index in [1.54, 1.807) is 13.0 Å². The predicted molar refractivity (Wildman–Crippen MR) is 61.8 cm³/mol. The lowest BCUT2D eigenvalue weighted by molar-refractivity contribution is -0.384. The normalized spacial score (nSPS) is 11.9. The third kappa shape index (κ3) is 2.93. The molecular formula is C10H11ClN2O3. The molecule has 0 aliphatic carbocycles. The summed E-state index contributed by atoms with van der Waals surface area (Å²) >= 11 is 5.59. The molecule has 0 unspecified atom stereocenters. The number of nitrogens with one attached hydrogen (secondary N) is 1. The number of nitrogens with zero attached hydrogens (tertiary/aromatic N) is 1. The Morgan fingerprint density at radius 2 is 2.19 bits per heavy atom. The molecule has 0 radical (unpaired) electrons. The molecule has 0 saturated heterocycles. The minimum absolute atomic E-state index is 0.0666. The maximum Gasteiger partial charge on any atom is 0.271 e. The van der Waals surface area contributed by atoms with Crippen molar-refractivity contribution in [3.05, 3.63) is 33.9 Å². The van der Waals surface area contributed by atoms with Gasteiger partial charge in [0.05, 0.1) is 10.6 Å². The number of rotatable bonds is 3. The van der Waals surface area contributed by atoms with E-state index >= 15 is 0 Å². The first-order chi connectivity index (χ1) is 7.41. The van der Waals surface area contributed by atoms with Crippen LogP contribution in [-0.4, -0.2) is 16.2 Å². The van der Waals surface area contributed by atoms with E-state index in [-0.39, 0.29) is 11.6 Å². The van der Waals surface area contributed by atoms with E-state index in [4.69, 9.17) is 11.6 Å². The Labute approximate surface area is 97.6 Å². The third-order valence-corrected chi connectivity index (χ3v) is 2.25. The van der Waals surface area contributed by atoms with E-state index in [1.807, 2.05) is 0 Å². The Morgan fingerprint density at radius 1 is 1.56 bits per heavy atom. The van der Waals surface area contributed by atoms with Crippen LogP contribution in [0, 0.1) is 17.0 Å². The lowest BCUT2D eigenvalue weighted by atomic mass is 10.2. The summed E-state index contributed by atoms with van der Waals surface area (Å²) in [5, 5.41) is 12.4. The summed E-state index contributed by atoms with van der Waals surface area (Å²) in [7, 11) is 0. The molecule has 0 spiro atoms. The molecule has 0 saturated carbocycles. The van der Waals surface area contributed by atoms with E-state index < -0.39 is 10.3 Å². The maximum atomic E-state index is 11.3. The van der Waals surface area contributed by atoms with Crippen LogP contribution in [0.5, 0.6) is 0 Å². The first kappa shape index (κ1) is 12.4. The summed E-state index contributed by atoms with van der Waals surface area (Å²) in [6.45, 7) is 3.28. The molecule has 0 bridgehead atoms. The van der Waals surface area contributed by atoms with Crippen LogP contribution in [0.1, 0.15) is 12.5 Å². The summed E-state index contributed by atoms with van der Waals surface area (Å²) in [6.07, 6.45) is 0. The number of nitro benzene ring substituents is 1. The van der Waals surface area contributed by atoms with Gasteiger partial charge in [-0.1, -0.05) is 6.07 Å². The molecule has 86 valence electrons. The monoisotopic (exact) mass is 242 g/mol. The lowest BCUT2D eigenvalue weighted by Crippen LogP contribution is -2.20. The van der Waals surface area contributed by atoms with Gasteiger partial charge in [-0.05, 0) is 19.4 Å². The quantitative estimate of drug-likeness (QED) is 0.503. The SMILES string of the molecule is Cc1ccc([N+](=O)[O-])cc1NC(=O)[C@@H](C)Cl. The fourth-order valence-electron chi connectivity index (χ4n) is 1.09. The lowest BCUT2D eigenvalue weighted by Gasteiger charge is -2.08. The zero-order valence-electron chi connectivity index (χ0n) is 8.86. The van der Waals surface area contributed by atoms with Crippen LogP contribution in [0.4, 0.5) is 11.4 Å². The number of benzene rings is 1. The van der Waals surface area contributed by atoms with Gasteiger partial charge in [0.1, 0.15) is 5.38 Å². The highest BCUT2D eigenvalue weighted by atomic mass is 35.5. The Balaban J connectivity index is 2.99. The maximum absolute atomic E-state index is 11.3. The summed E-state index contributed by atoms with van der Waals surface area (Å²) < 4.78 is 0. The van der Waals surface area contributed by atoms with Crippen LogP contribution >= 0.6 is 11.6 Å². The number of anilines is 1. The number of amides is 1. The summed E-state index contributed by atoms with van der Waals surface area (Å²) in [5.41, 5.74) is 1.09. The number of halogens is 1. The van der Waals surface area contributed by atoms with Crippen molar-refractivity contribution in [1.29, 1.82) is 0 Å². The van der Waals surface area contributed by atoms with Crippen LogP contribution in [0.15, 0.2) is 18.2 Å². The highest BCUT2D eigenvalue weighted by molar-refractivity contribution is 6.32. The average Bonchev–Trinajstić information content (AvgIpc) is 2.20. The van der Waals surface area contributed by atoms with Crippen molar-refractivity contribution in [3.8, 4) is 0 Å². The van der Waals surface area contributed by atoms with Gasteiger partial charge < -0.3 is 5.32 Å². The Kier molecular flexibility index (Phi) is 3.84. The molecule has 1 aromatic carbocycles. The van der Waals surface area contributed by atoms with Gasteiger partial charge in [0, 0.05) is 12.1 Å². The van der Waals surface area contributed by atoms with Crippen molar-refractivity contribution in [3.63, 3.8) is 0 Å². The number of aryl methyl sites for hydroxylation is 1. The topological polar surface area (TPSA) is 72.2 Å². The molecule has 16 heavy (non-hydrogen) atoms. The molecule has 1 rings (SSSR count). The molecule has 0 fully saturated rings. The molecule has 0 aliphatic rings. The largest absolute Gasteiger partial charge is 0.324 e. The number of carbonyl (C=O) groups excluding carboxylic acids is 1. The molecule has 5 nitrogen and oxygen atoms in total. The molecule has 0 aliphatic heterocycles. The zero-order chi connectivity index (χ0) is 12.3. The molecule has 1 N–H and O–H groups in total. The van der Waals surface area contributed by atoms with Crippen LogP contribution in [0.25, 0.3) is 0 Å². The van der Waals surface area contributed by atoms with Gasteiger partial charge in [0.15, 0.2) is 0 Å². The fraction of sp³-hybridized carbons (Fsp3) is 0.300. The molecule has 1 amide bonds. The minimum Gasteiger partial charge on any atom is -0.324 e. The molecule has 6 heteroatoms. The van der Waals surface area contributed by atoms with Crippen molar-refractivity contribution >= 4 is 28.9 Å². The highest BCUT2D eigenvalue weighted by Crippen LogP contribution is 2.22. The number of non-ortho nitro benzene ring substituents is 1. The molecule has 1 atom stereocenters. The minimum atomic E-state index is -0.682. The van der Waals surface area contributed by atoms with E-state index in [0.29, 0.717) is 5.69 Å². The third-order valence-electron chi connectivity index (χ3n) is 2.05. The molecule has 0 heterocycles. The molecule has 0 aromatic heterocycles. The zero-order valence-corrected chi connectivity index (χ0v) is 9.62. The Morgan fingerprint density at radius 3 is 2.69 bits per heavy atom. The van der Waals surface area contributed by atoms with Crippen LogP contribution in [-0.2, 0) is 4.79 Å². The Bertz CT molecular complexity index is 432. The standard InChI is InChI=1S/C10H11ClN2O3/c1-6-3-4-8(13(15)16)5-9(6)12-10(14)7(2)11/h3-5,7H,1-2H3,(H,12,14)/t7-/m1/s1. The van der Waals surface area contributed by atoms with Gasteiger partial charge in [0.2, 0.25) is 5.91 Å². The molecular weight excluding hydrogens is 232 g/mol. The van der Waals surface area contributed by atoms with E-state index in [0.717, 1.165) is 5.56 Å². The average molecular weight is 243 g/mol. The van der Waals surface area contributed by atoms with E-state index in [1.165, 1.54) is 19.1 Å². The number of hydrogen-bond acceptors (Lipinski definition) is 3. The van der Waals surface area contributed by atoms with Crippen LogP contribution in [0.3, 0.4) is 0 Å². The van der Waals surface area contributed by atoms with Crippen molar-refractivity contribution in [2.45, 2.75) is 19.2 Å². The first-order valence-electron chi connectivity index (χ1n) is 4.62. The van der Waals surface area contributed by atoms with Crippen molar-refractivity contribution in [2.75, 3.05) is 5.32 Å². The van der Waals surface area contributed by atoms with Gasteiger partial charge in [-0.25, -0.2) is 0 Å². The van der Waals surface area contributed by atoms with E-state index in [2.05, 4.69) is 5.32 Å². The van der Waals surface area contributed by atoms with Crippen LogP contribution < -0.4 is 5.32 Å². The van der Waals surface area contributed by atoms with Gasteiger partial charge in [0.25, 0.3) is 5.69 Å². The summed E-state index contributed by atoms with van der Waals surface area (Å²) in [4.78, 5) is 21.4. The fourth-order valence-corrected chi connectivity index (χ4v) is 1.14. The number of alkyl halides is 1. The van der Waals surface area contributed by atoms with Crippen molar-refractivity contribution in [1.82, 2.24) is 0 Å². The number of hydrogen-bond donors (Lipinski definition) is 1. The first-order valence-corrected chi connectivity index (χ1v) is 5.05. The van der Waals surface area contributed by atoms with Gasteiger partial charge in [-0.3, -0.25) is 14.9 Å². The van der Waals surface area contributed by atoms with E-state index in [9.17, 15) is 14.9 Å². The second kappa shape index (κ2) is 4.94.